The molecule has 2 amide bonds. The summed E-state index contributed by atoms with van der Waals surface area (Å²) < 4.78 is 33.9. The average Bonchev–Trinajstić information content (AvgIpc) is 3.47. The minimum Gasteiger partial charge on any atom is -0.349 e. The molecule has 0 aromatic carbocycles. The number of hydrogen-bond acceptors (Lipinski definition) is 7. The molecule has 3 heterocycles. The quantitative estimate of drug-likeness (QED) is 0.415. The van der Waals surface area contributed by atoms with Crippen LogP contribution in [0.15, 0.2) is 23.1 Å². The number of halogens is 3. The molecule has 198 valence electrons. The van der Waals surface area contributed by atoms with Gasteiger partial charge < -0.3 is 10.6 Å². The van der Waals surface area contributed by atoms with E-state index >= 15 is 0 Å². The summed E-state index contributed by atoms with van der Waals surface area (Å²) in [5.41, 5.74) is 1.69. The van der Waals surface area contributed by atoms with E-state index in [-0.39, 0.29) is 54.4 Å². The Morgan fingerprint density at radius 3 is 2.54 bits per heavy atom. The zero-order valence-corrected chi connectivity index (χ0v) is 21.0. The monoisotopic (exact) mass is 535 g/mol. The molecule has 2 aliphatic rings. The zero-order valence-electron chi connectivity index (χ0n) is 20.3. The van der Waals surface area contributed by atoms with Gasteiger partial charge in [-0.05, 0) is 65.9 Å². The Morgan fingerprint density at radius 2 is 1.89 bits per heavy atom. The highest BCUT2D eigenvalue weighted by molar-refractivity contribution is 6.32. The van der Waals surface area contributed by atoms with Gasteiger partial charge in [-0.15, -0.1) is 0 Å². The number of carbonyl (C=O) groups excluding carboxylic acids is 2. The number of alkyl halides is 2. The van der Waals surface area contributed by atoms with Gasteiger partial charge in [-0.1, -0.05) is 18.5 Å². The molecule has 0 saturated heterocycles. The van der Waals surface area contributed by atoms with Crippen LogP contribution in [0.5, 0.6) is 0 Å². The summed E-state index contributed by atoms with van der Waals surface area (Å²) in [5, 5.41) is 17.2. The zero-order chi connectivity index (χ0) is 26.2. The van der Waals surface area contributed by atoms with Gasteiger partial charge in [-0.2, -0.15) is 5.10 Å². The molecular formula is C24H28ClF2N7O3. The van der Waals surface area contributed by atoms with E-state index < -0.39 is 17.9 Å². The first-order valence-electron chi connectivity index (χ1n) is 12.6. The Labute approximate surface area is 216 Å². The fraction of sp³-hybridized carbons (Fsp3) is 0.583. The minimum absolute atomic E-state index is 0.00110. The molecule has 2 aliphatic carbocycles. The Bertz CT molecular complexity index is 1280. The van der Waals surface area contributed by atoms with E-state index in [4.69, 9.17) is 16.6 Å². The van der Waals surface area contributed by atoms with Crippen molar-refractivity contribution in [3.63, 3.8) is 0 Å². The second kappa shape index (κ2) is 10.3. The van der Waals surface area contributed by atoms with Gasteiger partial charge >= 0.3 is 0 Å². The summed E-state index contributed by atoms with van der Waals surface area (Å²) in [4.78, 5) is 29.9. The highest BCUT2D eigenvalue weighted by atomic mass is 35.5. The standard InChI is InChI=1S/C24H28ClF2N7O3/c1-2-3-18(35)30-19(13-4-5-13)15-10-17-29-16(12-34(17)28-11-15)20(14-6-8-24(26,27)9-7-14)31-23(36)21-22(25)33-37-32-21/h10-14,19-20H,2-9H2,1H3,(H,30,35)(H,31,36)/t19-,20+/m1/s1. The van der Waals surface area contributed by atoms with Crippen LogP contribution in [-0.2, 0) is 4.79 Å². The van der Waals surface area contributed by atoms with Crippen molar-refractivity contribution in [1.82, 2.24) is 35.5 Å². The first-order valence-corrected chi connectivity index (χ1v) is 12.9. The Morgan fingerprint density at radius 1 is 1.16 bits per heavy atom. The highest BCUT2D eigenvalue weighted by Gasteiger charge is 2.40. The molecule has 0 bridgehead atoms. The molecule has 3 aromatic heterocycles. The molecule has 0 spiro atoms. The van der Waals surface area contributed by atoms with Crippen LogP contribution in [0, 0.1) is 11.8 Å². The maximum atomic E-state index is 13.9. The van der Waals surface area contributed by atoms with Gasteiger partial charge in [0.1, 0.15) is 0 Å². The second-order valence-corrected chi connectivity index (χ2v) is 10.3. The maximum absolute atomic E-state index is 13.9. The third kappa shape index (κ3) is 5.73. The van der Waals surface area contributed by atoms with E-state index in [1.807, 2.05) is 13.0 Å². The molecule has 2 saturated carbocycles. The highest BCUT2D eigenvalue weighted by Crippen LogP contribution is 2.42. The van der Waals surface area contributed by atoms with Crippen LogP contribution in [0.4, 0.5) is 8.78 Å². The van der Waals surface area contributed by atoms with Crippen molar-refractivity contribution >= 4 is 29.1 Å². The van der Waals surface area contributed by atoms with Gasteiger partial charge in [0.05, 0.1) is 30.2 Å². The molecule has 13 heteroatoms. The molecule has 37 heavy (non-hydrogen) atoms. The predicted molar refractivity (Wildman–Crippen MR) is 128 cm³/mol. The molecule has 2 fully saturated rings. The molecule has 10 nitrogen and oxygen atoms in total. The molecule has 2 N–H and O–H groups in total. The SMILES string of the molecule is CCCC(=O)N[C@@H](c1cnn2cc([C@@H](NC(=O)c3nonc3Cl)C3CCC(F)(F)CC3)nc2c1)C1CC1. The van der Waals surface area contributed by atoms with Crippen molar-refractivity contribution in [3.05, 3.63) is 40.6 Å². The van der Waals surface area contributed by atoms with Gasteiger partial charge in [0.2, 0.25) is 22.7 Å². The Balaban J connectivity index is 1.43. The van der Waals surface area contributed by atoms with E-state index in [2.05, 4.69) is 30.7 Å². The van der Waals surface area contributed by atoms with E-state index in [9.17, 15) is 18.4 Å². The topological polar surface area (TPSA) is 127 Å². The first-order chi connectivity index (χ1) is 17.7. The average molecular weight is 536 g/mol. The minimum atomic E-state index is -2.72. The lowest BCUT2D eigenvalue weighted by Crippen LogP contribution is -2.37. The van der Waals surface area contributed by atoms with E-state index in [1.54, 1.807) is 16.9 Å². The van der Waals surface area contributed by atoms with Gasteiger partial charge in [-0.25, -0.2) is 22.9 Å². The lowest BCUT2D eigenvalue weighted by Gasteiger charge is -2.33. The van der Waals surface area contributed by atoms with Crippen molar-refractivity contribution in [1.29, 1.82) is 0 Å². The fourth-order valence-corrected chi connectivity index (χ4v) is 5.11. The van der Waals surface area contributed by atoms with Gasteiger partial charge in [0, 0.05) is 19.3 Å². The summed E-state index contributed by atoms with van der Waals surface area (Å²) in [6.07, 6.45) is 6.55. The smallest absolute Gasteiger partial charge is 0.277 e. The predicted octanol–water partition coefficient (Wildman–Crippen LogP) is 4.43. The number of imidazole rings is 1. The van der Waals surface area contributed by atoms with Crippen LogP contribution in [0.2, 0.25) is 5.15 Å². The third-order valence-electron chi connectivity index (χ3n) is 7.11. The number of rotatable bonds is 9. The number of nitrogens with one attached hydrogen (secondary N) is 2. The van der Waals surface area contributed by atoms with Gasteiger partial charge in [0.25, 0.3) is 5.91 Å². The van der Waals surface area contributed by atoms with E-state index in [0.717, 1.165) is 24.8 Å². The number of amides is 2. The molecule has 5 rings (SSSR count). The van der Waals surface area contributed by atoms with Crippen LogP contribution < -0.4 is 10.6 Å². The summed E-state index contributed by atoms with van der Waals surface area (Å²) in [6.45, 7) is 1.96. The normalized spacial score (nSPS) is 19.5. The number of aromatic nitrogens is 5. The number of hydrogen-bond donors (Lipinski definition) is 2. The van der Waals surface area contributed by atoms with Crippen LogP contribution in [0.1, 0.15) is 92.1 Å². The number of carbonyl (C=O) groups is 2. The maximum Gasteiger partial charge on any atom is 0.277 e. The summed E-state index contributed by atoms with van der Waals surface area (Å²) in [6, 6.07) is 1.05. The molecule has 0 radical (unpaired) electrons. The molecule has 0 aliphatic heterocycles. The lowest BCUT2D eigenvalue weighted by atomic mass is 9.81. The lowest BCUT2D eigenvalue weighted by molar-refractivity contribution is -0.122. The van der Waals surface area contributed by atoms with Crippen LogP contribution in [0.3, 0.4) is 0 Å². The van der Waals surface area contributed by atoms with Crippen LogP contribution in [0.25, 0.3) is 5.65 Å². The van der Waals surface area contributed by atoms with E-state index in [1.165, 1.54) is 0 Å². The number of nitrogens with zero attached hydrogens (tertiary/aromatic N) is 5. The van der Waals surface area contributed by atoms with Crippen molar-refractivity contribution in [3.8, 4) is 0 Å². The van der Waals surface area contributed by atoms with Gasteiger partial charge in [-0.3, -0.25) is 9.59 Å². The van der Waals surface area contributed by atoms with Crippen molar-refractivity contribution in [2.75, 3.05) is 0 Å². The molecular weight excluding hydrogens is 508 g/mol. The summed E-state index contributed by atoms with van der Waals surface area (Å²) >= 11 is 5.90. The van der Waals surface area contributed by atoms with E-state index in [0.29, 0.717) is 23.7 Å². The molecule has 0 unspecified atom stereocenters. The Hall–Kier alpha value is -3.15. The Kier molecular flexibility index (Phi) is 7.11. The van der Waals surface area contributed by atoms with Gasteiger partial charge in [0.15, 0.2) is 5.65 Å². The van der Waals surface area contributed by atoms with Crippen molar-refractivity contribution in [2.24, 2.45) is 11.8 Å². The molecule has 3 aromatic rings. The van der Waals surface area contributed by atoms with Crippen LogP contribution in [-0.4, -0.2) is 42.6 Å². The fourth-order valence-electron chi connectivity index (χ4n) is 4.96. The summed E-state index contributed by atoms with van der Waals surface area (Å²) in [5.74, 6) is -3.27. The largest absolute Gasteiger partial charge is 0.349 e. The third-order valence-corrected chi connectivity index (χ3v) is 7.36. The van der Waals surface area contributed by atoms with Crippen molar-refractivity contribution < 1.29 is 23.0 Å². The second-order valence-electron chi connectivity index (χ2n) is 9.94. The number of fused-ring (bicyclic) bond motifs is 1. The van der Waals surface area contributed by atoms with Crippen molar-refractivity contribution in [2.45, 2.75) is 76.3 Å². The summed E-state index contributed by atoms with van der Waals surface area (Å²) in [7, 11) is 0. The first kappa shape index (κ1) is 25.5. The van der Waals surface area contributed by atoms with Crippen LogP contribution >= 0.6 is 11.6 Å². The molecule has 2 atom stereocenters.